The van der Waals surface area contributed by atoms with Crippen LogP contribution in [0.15, 0.2) is 0 Å². The predicted octanol–water partition coefficient (Wildman–Crippen LogP) is 0.577. The fourth-order valence-electron chi connectivity index (χ4n) is 1.34. The van der Waals surface area contributed by atoms with E-state index in [2.05, 4.69) is 15.1 Å². The van der Waals surface area contributed by atoms with Crippen molar-refractivity contribution in [2.45, 2.75) is 0 Å². The van der Waals surface area contributed by atoms with E-state index in [4.69, 9.17) is 21.7 Å². The number of hydrogen-bond acceptors (Lipinski definition) is 5. The van der Waals surface area contributed by atoms with Gasteiger partial charge in [0, 0.05) is 34.4 Å². The van der Waals surface area contributed by atoms with Crippen LogP contribution in [0.5, 0.6) is 0 Å². The van der Waals surface area contributed by atoms with Gasteiger partial charge in [0.05, 0.1) is 13.2 Å². The van der Waals surface area contributed by atoms with Crippen molar-refractivity contribution < 1.29 is 9.47 Å². The summed E-state index contributed by atoms with van der Waals surface area (Å²) in [4.78, 5) is 2.07. The summed E-state index contributed by atoms with van der Waals surface area (Å²) in [5.41, 5.74) is 0. The Balaban J connectivity index is 2.74. The number of aromatic amines is 1. The molecule has 0 aliphatic heterocycles. The Bertz CT molecular complexity index is 355. The van der Waals surface area contributed by atoms with E-state index in [9.17, 15) is 0 Å². The summed E-state index contributed by atoms with van der Waals surface area (Å²) in [5.74, 6) is 0.805. The van der Waals surface area contributed by atoms with Gasteiger partial charge in [-0.1, -0.05) is 0 Å². The minimum atomic E-state index is 0.606. The number of hydrogen-bond donors (Lipinski definition) is 1. The largest absolute Gasteiger partial charge is 0.383 e. The van der Waals surface area contributed by atoms with Crippen LogP contribution >= 0.6 is 12.2 Å². The molecule has 1 heterocycles. The topological polar surface area (TPSA) is 55.3 Å². The molecule has 1 rings (SSSR count). The fourth-order valence-corrected chi connectivity index (χ4v) is 1.46. The Morgan fingerprint density at radius 2 is 1.88 bits per heavy atom. The molecule has 0 radical (unpaired) electrons. The van der Waals surface area contributed by atoms with E-state index in [1.807, 2.05) is 11.6 Å². The lowest BCUT2D eigenvalue weighted by Gasteiger charge is -2.22. The van der Waals surface area contributed by atoms with Gasteiger partial charge in [0.1, 0.15) is 0 Å². The quantitative estimate of drug-likeness (QED) is 0.713. The highest BCUT2D eigenvalue weighted by atomic mass is 32.1. The second-order valence-electron chi connectivity index (χ2n) is 3.36. The second-order valence-corrected chi connectivity index (χ2v) is 3.75. The highest BCUT2D eigenvalue weighted by molar-refractivity contribution is 7.71. The van der Waals surface area contributed by atoms with Crippen molar-refractivity contribution in [3.63, 3.8) is 0 Å². The Hall–Kier alpha value is -0.920. The third kappa shape index (κ3) is 3.29. The van der Waals surface area contributed by atoms with Crippen molar-refractivity contribution >= 4 is 18.2 Å². The van der Waals surface area contributed by atoms with Gasteiger partial charge in [-0.15, -0.1) is 5.10 Å². The van der Waals surface area contributed by atoms with Crippen molar-refractivity contribution in [3.8, 4) is 0 Å². The molecule has 0 unspecified atom stereocenters. The normalized spacial score (nSPS) is 10.7. The Labute approximate surface area is 100 Å². The molecular formula is C9H18N4O2S. The summed E-state index contributed by atoms with van der Waals surface area (Å²) in [6, 6.07) is 0. The number of methoxy groups -OCH3 is 2. The van der Waals surface area contributed by atoms with E-state index < -0.39 is 0 Å². The lowest BCUT2D eigenvalue weighted by Crippen LogP contribution is -2.32. The van der Waals surface area contributed by atoms with Gasteiger partial charge in [-0.25, -0.2) is 5.10 Å². The third-order valence-electron chi connectivity index (χ3n) is 2.27. The van der Waals surface area contributed by atoms with Gasteiger partial charge < -0.3 is 14.4 Å². The molecule has 0 bridgehead atoms. The monoisotopic (exact) mass is 246 g/mol. The molecule has 0 fully saturated rings. The standard InChI is InChI=1S/C9H18N4O2S/c1-12-8(10-11-9(12)16)13(4-6-14-2)5-7-15-3/h4-7H2,1-3H3,(H,11,16). The molecule has 0 amide bonds. The molecule has 92 valence electrons. The zero-order chi connectivity index (χ0) is 12.0. The molecule has 0 aromatic carbocycles. The molecule has 7 heteroatoms. The van der Waals surface area contributed by atoms with Gasteiger partial charge in [-0.2, -0.15) is 0 Å². The van der Waals surface area contributed by atoms with E-state index in [-0.39, 0.29) is 0 Å². The summed E-state index contributed by atoms with van der Waals surface area (Å²) >= 11 is 5.07. The van der Waals surface area contributed by atoms with Gasteiger partial charge in [-0.3, -0.25) is 4.57 Å². The van der Waals surface area contributed by atoms with Gasteiger partial charge in [0.25, 0.3) is 0 Å². The van der Waals surface area contributed by atoms with Crippen LogP contribution in [0.1, 0.15) is 0 Å². The van der Waals surface area contributed by atoms with Crippen molar-refractivity contribution in [1.29, 1.82) is 0 Å². The molecule has 0 saturated heterocycles. The van der Waals surface area contributed by atoms with E-state index in [0.29, 0.717) is 18.0 Å². The fraction of sp³-hybridized carbons (Fsp3) is 0.778. The zero-order valence-electron chi connectivity index (χ0n) is 9.89. The Morgan fingerprint density at radius 1 is 1.31 bits per heavy atom. The predicted molar refractivity (Wildman–Crippen MR) is 64.4 cm³/mol. The molecule has 1 N–H and O–H groups in total. The van der Waals surface area contributed by atoms with Crippen LogP contribution in [0, 0.1) is 4.77 Å². The lowest BCUT2D eigenvalue weighted by atomic mass is 10.5. The van der Waals surface area contributed by atoms with Crippen molar-refractivity contribution in [1.82, 2.24) is 14.8 Å². The minimum absolute atomic E-state index is 0.606. The van der Waals surface area contributed by atoms with E-state index in [1.54, 1.807) is 14.2 Å². The first-order chi connectivity index (χ1) is 7.70. The minimum Gasteiger partial charge on any atom is -0.383 e. The van der Waals surface area contributed by atoms with E-state index in [1.165, 1.54) is 0 Å². The first-order valence-electron chi connectivity index (χ1n) is 5.05. The van der Waals surface area contributed by atoms with Gasteiger partial charge in [0.2, 0.25) is 5.95 Å². The maximum absolute atomic E-state index is 5.07. The highest BCUT2D eigenvalue weighted by Crippen LogP contribution is 2.08. The van der Waals surface area contributed by atoms with Crippen molar-refractivity contribution in [2.75, 3.05) is 45.4 Å². The molecule has 0 spiro atoms. The van der Waals surface area contributed by atoms with Crippen LogP contribution in [0.3, 0.4) is 0 Å². The second kappa shape index (κ2) is 6.62. The lowest BCUT2D eigenvalue weighted by molar-refractivity contribution is 0.189. The summed E-state index contributed by atoms with van der Waals surface area (Å²) in [6.07, 6.45) is 0. The first-order valence-corrected chi connectivity index (χ1v) is 5.45. The molecule has 0 aliphatic rings. The zero-order valence-corrected chi connectivity index (χ0v) is 10.7. The van der Waals surface area contributed by atoms with E-state index in [0.717, 1.165) is 19.0 Å². The maximum atomic E-state index is 5.07. The number of anilines is 1. The molecule has 6 nitrogen and oxygen atoms in total. The number of aromatic nitrogens is 3. The van der Waals surface area contributed by atoms with Crippen molar-refractivity contribution in [2.24, 2.45) is 7.05 Å². The SMILES string of the molecule is COCCN(CCOC)c1n[nH]c(=S)n1C. The number of nitrogens with zero attached hydrogens (tertiary/aromatic N) is 3. The molecule has 0 saturated carbocycles. The maximum Gasteiger partial charge on any atom is 0.225 e. The third-order valence-corrected chi connectivity index (χ3v) is 2.63. The number of H-pyrrole nitrogens is 1. The van der Waals surface area contributed by atoms with Crippen LogP contribution in [0.4, 0.5) is 5.95 Å². The number of rotatable bonds is 7. The molecule has 16 heavy (non-hydrogen) atoms. The van der Waals surface area contributed by atoms with Crippen LogP contribution < -0.4 is 4.90 Å². The first kappa shape index (κ1) is 13.1. The average molecular weight is 246 g/mol. The van der Waals surface area contributed by atoms with E-state index >= 15 is 0 Å². The van der Waals surface area contributed by atoms with Gasteiger partial charge in [0.15, 0.2) is 4.77 Å². The summed E-state index contributed by atoms with van der Waals surface area (Å²) in [6.45, 7) is 2.80. The van der Waals surface area contributed by atoms with Crippen LogP contribution in [0.25, 0.3) is 0 Å². The number of ether oxygens (including phenoxy) is 2. The summed E-state index contributed by atoms with van der Waals surface area (Å²) in [7, 11) is 5.24. The molecular weight excluding hydrogens is 228 g/mol. The summed E-state index contributed by atoms with van der Waals surface area (Å²) in [5, 5.41) is 6.94. The average Bonchev–Trinajstić information content (AvgIpc) is 2.61. The van der Waals surface area contributed by atoms with Gasteiger partial charge in [-0.05, 0) is 12.2 Å². The molecule has 1 aromatic rings. The van der Waals surface area contributed by atoms with Crippen LogP contribution in [-0.4, -0.2) is 55.3 Å². The van der Waals surface area contributed by atoms with Crippen LogP contribution in [-0.2, 0) is 16.5 Å². The Kier molecular flexibility index (Phi) is 5.44. The number of nitrogens with one attached hydrogen (secondary N) is 1. The highest BCUT2D eigenvalue weighted by Gasteiger charge is 2.11. The molecule has 0 atom stereocenters. The molecule has 0 aliphatic carbocycles. The summed E-state index contributed by atoms with van der Waals surface area (Å²) < 4.78 is 12.6. The smallest absolute Gasteiger partial charge is 0.225 e. The molecule has 1 aromatic heterocycles. The van der Waals surface area contributed by atoms with Crippen molar-refractivity contribution in [3.05, 3.63) is 4.77 Å². The van der Waals surface area contributed by atoms with Gasteiger partial charge >= 0.3 is 0 Å². The Morgan fingerprint density at radius 3 is 2.25 bits per heavy atom. The van der Waals surface area contributed by atoms with Crippen LogP contribution in [0.2, 0.25) is 0 Å².